The molecular weight excluding hydrogens is 374 g/mol. The number of nitrogens with one attached hydrogen (secondary N) is 1. The van der Waals surface area contributed by atoms with Crippen LogP contribution in [0, 0.1) is 23.2 Å². The van der Waals surface area contributed by atoms with Crippen molar-refractivity contribution in [2.45, 2.75) is 56.4 Å². The molecule has 5 nitrogen and oxygen atoms in total. The highest BCUT2D eigenvalue weighted by Crippen LogP contribution is 2.39. The summed E-state index contributed by atoms with van der Waals surface area (Å²) < 4.78 is 0. The van der Waals surface area contributed by atoms with Gasteiger partial charge in [-0.25, -0.2) is 0 Å². The van der Waals surface area contributed by atoms with Gasteiger partial charge < -0.3 is 10.2 Å². The number of hydrogen-bond donors (Lipinski definition) is 1. The minimum atomic E-state index is -0.676. The van der Waals surface area contributed by atoms with E-state index in [-0.39, 0.29) is 29.6 Å². The molecule has 0 bridgehead atoms. The number of hydrogen-bond acceptors (Lipinski definition) is 3. The highest BCUT2D eigenvalue weighted by Gasteiger charge is 2.47. The summed E-state index contributed by atoms with van der Waals surface area (Å²) in [5.41, 5.74) is 0.423. The minimum absolute atomic E-state index is 0.0937. The number of carbonyl (C=O) groups excluding carboxylic acids is 2. The molecule has 4 rings (SSSR count). The number of likely N-dealkylation sites (tertiary alicyclic amines) is 1. The van der Waals surface area contributed by atoms with Gasteiger partial charge in [0, 0.05) is 35.9 Å². The molecule has 1 heterocycles. The smallest absolute Gasteiger partial charge is 0.226 e. The third-order valence-electron chi connectivity index (χ3n) is 6.59. The molecule has 148 valence electrons. The van der Waals surface area contributed by atoms with E-state index in [1.54, 1.807) is 0 Å². The van der Waals surface area contributed by atoms with Crippen LogP contribution in [0.2, 0.25) is 5.02 Å². The lowest BCUT2D eigenvalue weighted by Gasteiger charge is -2.33. The van der Waals surface area contributed by atoms with Crippen molar-refractivity contribution < 1.29 is 9.59 Å². The van der Waals surface area contributed by atoms with Crippen molar-refractivity contribution in [2.24, 2.45) is 11.8 Å². The number of rotatable bonds is 4. The normalized spacial score (nSPS) is 28.4. The molecule has 2 unspecified atom stereocenters. The van der Waals surface area contributed by atoms with Crippen molar-refractivity contribution >= 4 is 23.4 Å². The monoisotopic (exact) mass is 399 g/mol. The molecule has 6 heteroatoms. The van der Waals surface area contributed by atoms with Gasteiger partial charge in [-0.2, -0.15) is 5.26 Å². The van der Waals surface area contributed by atoms with E-state index in [1.165, 1.54) is 0 Å². The van der Waals surface area contributed by atoms with Gasteiger partial charge in [0.05, 0.1) is 6.07 Å². The SMILES string of the molecule is N#CC1(NC(=O)[C@@H]2CCCCC2C(=O)N2CCC(c3ccccc3Cl)C2)CC1. The van der Waals surface area contributed by atoms with Gasteiger partial charge in [-0.1, -0.05) is 42.6 Å². The lowest BCUT2D eigenvalue weighted by Crippen LogP contribution is -2.47. The molecule has 3 fully saturated rings. The molecule has 0 radical (unpaired) electrons. The van der Waals surface area contributed by atoms with Crippen molar-refractivity contribution in [3.05, 3.63) is 34.9 Å². The van der Waals surface area contributed by atoms with Gasteiger partial charge in [0.25, 0.3) is 0 Å². The first kappa shape index (κ1) is 19.3. The summed E-state index contributed by atoms with van der Waals surface area (Å²) in [6, 6.07) is 10.0. The number of halogens is 1. The topological polar surface area (TPSA) is 73.2 Å². The average molecular weight is 400 g/mol. The van der Waals surface area contributed by atoms with E-state index < -0.39 is 5.54 Å². The first-order valence-electron chi connectivity index (χ1n) is 10.3. The highest BCUT2D eigenvalue weighted by molar-refractivity contribution is 6.31. The van der Waals surface area contributed by atoms with Crippen LogP contribution in [0.5, 0.6) is 0 Å². The lowest BCUT2D eigenvalue weighted by atomic mass is 9.77. The molecule has 1 aromatic carbocycles. The van der Waals surface area contributed by atoms with Crippen LogP contribution in [-0.2, 0) is 9.59 Å². The van der Waals surface area contributed by atoms with Gasteiger partial charge in [-0.3, -0.25) is 9.59 Å². The second kappa shape index (κ2) is 7.75. The van der Waals surface area contributed by atoms with Gasteiger partial charge >= 0.3 is 0 Å². The fourth-order valence-corrected chi connectivity index (χ4v) is 5.00. The van der Waals surface area contributed by atoms with Crippen LogP contribution >= 0.6 is 11.6 Å². The number of carbonyl (C=O) groups is 2. The van der Waals surface area contributed by atoms with Crippen LogP contribution in [0.3, 0.4) is 0 Å². The maximum atomic E-state index is 13.3. The van der Waals surface area contributed by atoms with Crippen LogP contribution < -0.4 is 5.32 Å². The van der Waals surface area contributed by atoms with E-state index in [1.807, 2.05) is 29.2 Å². The van der Waals surface area contributed by atoms with Crippen molar-refractivity contribution in [3.8, 4) is 6.07 Å². The lowest BCUT2D eigenvalue weighted by molar-refractivity contribution is -0.143. The Balaban J connectivity index is 1.43. The van der Waals surface area contributed by atoms with Crippen LogP contribution in [0.25, 0.3) is 0 Å². The third kappa shape index (κ3) is 3.75. The van der Waals surface area contributed by atoms with E-state index in [0.717, 1.165) is 42.7 Å². The molecule has 2 amide bonds. The number of nitrogens with zero attached hydrogens (tertiary/aromatic N) is 2. The molecule has 0 spiro atoms. The molecule has 1 aliphatic heterocycles. The fraction of sp³-hybridized carbons (Fsp3) is 0.591. The minimum Gasteiger partial charge on any atom is -0.342 e. The summed E-state index contributed by atoms with van der Waals surface area (Å²) >= 11 is 6.34. The predicted molar refractivity (Wildman–Crippen MR) is 107 cm³/mol. The predicted octanol–water partition coefficient (Wildman–Crippen LogP) is 3.63. The van der Waals surface area contributed by atoms with E-state index in [4.69, 9.17) is 11.6 Å². The summed E-state index contributed by atoms with van der Waals surface area (Å²) in [6.45, 7) is 1.37. The van der Waals surface area contributed by atoms with Crippen molar-refractivity contribution in [1.29, 1.82) is 5.26 Å². The van der Waals surface area contributed by atoms with E-state index in [2.05, 4.69) is 11.4 Å². The van der Waals surface area contributed by atoms with Gasteiger partial charge in [0.1, 0.15) is 5.54 Å². The zero-order valence-corrected chi connectivity index (χ0v) is 16.8. The molecule has 3 atom stereocenters. The summed E-state index contributed by atoms with van der Waals surface area (Å²) in [5, 5.41) is 12.9. The number of amides is 2. The second-order valence-electron chi connectivity index (χ2n) is 8.47. The Bertz CT molecular complexity index is 814. The summed E-state index contributed by atoms with van der Waals surface area (Å²) in [4.78, 5) is 28.0. The molecule has 28 heavy (non-hydrogen) atoms. The van der Waals surface area contributed by atoms with Crippen molar-refractivity contribution in [3.63, 3.8) is 0 Å². The molecule has 0 aromatic heterocycles. The van der Waals surface area contributed by atoms with Gasteiger partial charge in [0.2, 0.25) is 11.8 Å². The van der Waals surface area contributed by atoms with Crippen LogP contribution in [0.15, 0.2) is 24.3 Å². The Kier molecular flexibility index (Phi) is 5.33. The zero-order valence-electron chi connectivity index (χ0n) is 16.0. The van der Waals surface area contributed by atoms with Gasteiger partial charge in [-0.15, -0.1) is 0 Å². The van der Waals surface area contributed by atoms with Crippen molar-refractivity contribution in [1.82, 2.24) is 10.2 Å². The summed E-state index contributed by atoms with van der Waals surface area (Å²) in [5.74, 6) is -0.350. The van der Waals surface area contributed by atoms with Crippen LogP contribution in [-0.4, -0.2) is 35.3 Å². The van der Waals surface area contributed by atoms with Crippen LogP contribution in [0.1, 0.15) is 56.4 Å². The van der Waals surface area contributed by atoms with E-state index in [9.17, 15) is 14.9 Å². The quantitative estimate of drug-likeness (QED) is 0.840. The molecule has 1 saturated heterocycles. The molecule has 1 aromatic rings. The number of benzene rings is 1. The largest absolute Gasteiger partial charge is 0.342 e. The van der Waals surface area contributed by atoms with E-state index in [0.29, 0.717) is 25.9 Å². The first-order chi connectivity index (χ1) is 13.5. The molecular formula is C22H26ClN3O2. The fourth-order valence-electron chi connectivity index (χ4n) is 4.71. The Morgan fingerprint density at radius 2 is 1.86 bits per heavy atom. The Hall–Kier alpha value is -2.06. The number of nitriles is 1. The Labute approximate surface area is 171 Å². The molecule has 2 aliphatic carbocycles. The van der Waals surface area contributed by atoms with Gasteiger partial charge in [0.15, 0.2) is 0 Å². The Morgan fingerprint density at radius 3 is 2.54 bits per heavy atom. The van der Waals surface area contributed by atoms with Crippen molar-refractivity contribution in [2.75, 3.05) is 13.1 Å². The average Bonchev–Trinajstić information content (AvgIpc) is 3.32. The Morgan fingerprint density at radius 1 is 1.14 bits per heavy atom. The van der Waals surface area contributed by atoms with Crippen LogP contribution in [0.4, 0.5) is 0 Å². The maximum absolute atomic E-state index is 13.3. The standard InChI is InChI=1S/C22H26ClN3O2/c23-19-8-4-3-5-16(19)15-9-12-26(13-15)21(28)18-7-2-1-6-17(18)20(27)25-22(14-24)10-11-22/h3-5,8,15,17-18H,1-2,6-7,9-13H2,(H,25,27)/t15?,17-,18?/m1/s1. The van der Waals surface area contributed by atoms with E-state index >= 15 is 0 Å². The maximum Gasteiger partial charge on any atom is 0.226 e. The van der Waals surface area contributed by atoms with Gasteiger partial charge in [-0.05, 0) is 43.7 Å². The summed E-state index contributed by atoms with van der Waals surface area (Å²) in [7, 11) is 0. The summed E-state index contributed by atoms with van der Waals surface area (Å²) in [6.07, 6.45) is 5.75. The highest BCUT2D eigenvalue weighted by atomic mass is 35.5. The zero-order chi connectivity index (χ0) is 19.7. The third-order valence-corrected chi connectivity index (χ3v) is 6.94. The molecule has 1 N–H and O–H groups in total. The molecule has 3 aliphatic rings. The molecule has 2 saturated carbocycles. The first-order valence-corrected chi connectivity index (χ1v) is 10.7. The second-order valence-corrected chi connectivity index (χ2v) is 8.88.